The molecule has 1 aromatic heterocycles. The quantitative estimate of drug-likeness (QED) is 0.624. The van der Waals surface area contributed by atoms with E-state index in [9.17, 15) is 19.5 Å². The van der Waals surface area contributed by atoms with Crippen LogP contribution in [0.4, 0.5) is 0 Å². The molecule has 7 nitrogen and oxygen atoms in total. The summed E-state index contributed by atoms with van der Waals surface area (Å²) in [6.45, 7) is 3.40. The standard InChI is InChI=1S/C12H15N3O4S2/c1-5-8(9(20-3)14-12(19)13-5)10(16)15-6(2)21-4-7(15)11(17)18/h6-7H,4H2,1-3H3,(H,17,18)(H,13,14,19). The Labute approximate surface area is 129 Å². The van der Waals surface area contributed by atoms with Gasteiger partial charge < -0.3 is 15.0 Å². The first-order valence-corrected chi connectivity index (χ1v) is 8.46. The number of amides is 1. The van der Waals surface area contributed by atoms with Gasteiger partial charge in [0.2, 0.25) is 0 Å². The Balaban J connectivity index is 2.49. The summed E-state index contributed by atoms with van der Waals surface area (Å²) in [5.74, 6) is -1.08. The zero-order chi connectivity index (χ0) is 15.7. The van der Waals surface area contributed by atoms with Crippen LogP contribution in [0, 0.1) is 6.92 Å². The Hall–Kier alpha value is -1.48. The number of aliphatic carboxylic acids is 1. The molecule has 1 amide bonds. The lowest BCUT2D eigenvalue weighted by atomic mass is 10.2. The maximum atomic E-state index is 12.8. The van der Waals surface area contributed by atoms with Crippen molar-refractivity contribution in [3.8, 4) is 0 Å². The van der Waals surface area contributed by atoms with Gasteiger partial charge in [0, 0.05) is 11.4 Å². The van der Waals surface area contributed by atoms with Crippen LogP contribution in [-0.2, 0) is 4.79 Å². The van der Waals surface area contributed by atoms with Crippen molar-refractivity contribution in [3.63, 3.8) is 0 Å². The second-order valence-corrected chi connectivity index (χ2v) is 6.69. The molecule has 0 radical (unpaired) electrons. The van der Waals surface area contributed by atoms with Crippen molar-refractivity contribution < 1.29 is 14.7 Å². The molecule has 2 atom stereocenters. The fourth-order valence-electron chi connectivity index (χ4n) is 2.23. The lowest BCUT2D eigenvalue weighted by Crippen LogP contribution is -2.45. The third kappa shape index (κ3) is 2.93. The average molecular weight is 329 g/mol. The predicted molar refractivity (Wildman–Crippen MR) is 80.9 cm³/mol. The van der Waals surface area contributed by atoms with Gasteiger partial charge >= 0.3 is 11.7 Å². The largest absolute Gasteiger partial charge is 0.480 e. The van der Waals surface area contributed by atoms with Crippen molar-refractivity contribution in [2.75, 3.05) is 12.0 Å². The van der Waals surface area contributed by atoms with Gasteiger partial charge in [-0.2, -0.15) is 4.98 Å². The van der Waals surface area contributed by atoms with E-state index in [0.717, 1.165) is 0 Å². The first kappa shape index (κ1) is 15.9. The highest BCUT2D eigenvalue weighted by atomic mass is 32.2. The number of rotatable bonds is 3. The summed E-state index contributed by atoms with van der Waals surface area (Å²) in [5.41, 5.74) is 0.146. The molecule has 1 fully saturated rings. The summed E-state index contributed by atoms with van der Waals surface area (Å²) in [7, 11) is 0. The van der Waals surface area contributed by atoms with Gasteiger partial charge in [-0.05, 0) is 20.1 Å². The van der Waals surface area contributed by atoms with Crippen molar-refractivity contribution in [2.24, 2.45) is 0 Å². The van der Waals surface area contributed by atoms with E-state index in [1.165, 1.54) is 28.4 Å². The molecule has 0 spiro atoms. The van der Waals surface area contributed by atoms with Crippen LogP contribution in [0.25, 0.3) is 0 Å². The normalized spacial score (nSPS) is 21.6. The number of carbonyl (C=O) groups excluding carboxylic acids is 1. The highest BCUT2D eigenvalue weighted by molar-refractivity contribution is 8.00. The topological polar surface area (TPSA) is 103 Å². The van der Waals surface area contributed by atoms with Crippen molar-refractivity contribution in [2.45, 2.75) is 30.3 Å². The Morgan fingerprint density at radius 1 is 1.52 bits per heavy atom. The molecule has 0 saturated carbocycles. The Morgan fingerprint density at radius 3 is 2.76 bits per heavy atom. The number of nitrogens with zero attached hydrogens (tertiary/aromatic N) is 2. The van der Waals surface area contributed by atoms with Crippen LogP contribution < -0.4 is 5.69 Å². The summed E-state index contributed by atoms with van der Waals surface area (Å²) in [6.07, 6.45) is 1.72. The lowest BCUT2D eigenvalue weighted by molar-refractivity contribution is -0.141. The molecule has 1 saturated heterocycles. The summed E-state index contributed by atoms with van der Waals surface area (Å²) in [5, 5.41) is 9.33. The van der Waals surface area contributed by atoms with Crippen LogP contribution >= 0.6 is 23.5 Å². The zero-order valence-corrected chi connectivity index (χ0v) is 13.4. The number of carboxylic acids is 1. The maximum absolute atomic E-state index is 12.8. The SMILES string of the molecule is CSc1nc(=O)[nH]c(C)c1C(=O)N1C(C)SCC1C(=O)O. The molecule has 2 N–H and O–H groups in total. The first-order valence-electron chi connectivity index (χ1n) is 6.18. The molecule has 9 heteroatoms. The summed E-state index contributed by atoms with van der Waals surface area (Å²) in [6, 6.07) is -0.862. The summed E-state index contributed by atoms with van der Waals surface area (Å²) < 4.78 is 0. The van der Waals surface area contributed by atoms with Gasteiger partial charge in [0.15, 0.2) is 0 Å². The number of aromatic nitrogens is 2. The Morgan fingerprint density at radius 2 is 2.19 bits per heavy atom. The molecule has 114 valence electrons. The molecule has 1 aromatic rings. The Bertz CT molecular complexity index is 646. The minimum atomic E-state index is -1.03. The fraction of sp³-hybridized carbons (Fsp3) is 0.500. The van der Waals surface area contributed by atoms with Crippen LogP contribution in [0.15, 0.2) is 9.82 Å². The monoisotopic (exact) mass is 329 g/mol. The van der Waals surface area contributed by atoms with Gasteiger partial charge in [0.1, 0.15) is 11.1 Å². The van der Waals surface area contributed by atoms with E-state index in [1.807, 2.05) is 0 Å². The predicted octanol–water partition coefficient (Wildman–Crippen LogP) is 0.788. The minimum absolute atomic E-state index is 0.236. The van der Waals surface area contributed by atoms with Crippen LogP contribution in [-0.4, -0.2) is 55.3 Å². The maximum Gasteiger partial charge on any atom is 0.346 e. The lowest BCUT2D eigenvalue weighted by Gasteiger charge is -2.26. The molecule has 2 rings (SSSR count). The molecule has 0 bridgehead atoms. The van der Waals surface area contributed by atoms with Crippen LogP contribution in [0.5, 0.6) is 0 Å². The van der Waals surface area contributed by atoms with Crippen molar-refractivity contribution >= 4 is 35.4 Å². The molecule has 1 aliphatic rings. The molecule has 2 heterocycles. The molecule has 21 heavy (non-hydrogen) atoms. The highest BCUT2D eigenvalue weighted by Crippen LogP contribution is 2.32. The van der Waals surface area contributed by atoms with E-state index >= 15 is 0 Å². The minimum Gasteiger partial charge on any atom is -0.480 e. The number of thioether (sulfide) groups is 2. The Kier molecular flexibility index (Phi) is 4.62. The van der Waals surface area contributed by atoms with Crippen LogP contribution in [0.1, 0.15) is 23.0 Å². The smallest absolute Gasteiger partial charge is 0.346 e. The van der Waals surface area contributed by atoms with Gasteiger partial charge in [0.05, 0.1) is 10.9 Å². The zero-order valence-electron chi connectivity index (χ0n) is 11.7. The van der Waals surface area contributed by atoms with Crippen molar-refractivity contribution in [3.05, 3.63) is 21.7 Å². The molecule has 2 unspecified atom stereocenters. The van der Waals surface area contributed by atoms with E-state index < -0.39 is 23.6 Å². The van der Waals surface area contributed by atoms with E-state index in [1.54, 1.807) is 20.1 Å². The molecular formula is C12H15N3O4S2. The number of H-pyrrole nitrogens is 1. The first-order chi connectivity index (χ1) is 9.86. The third-order valence-electron chi connectivity index (χ3n) is 3.24. The number of aryl methyl sites for hydroxylation is 1. The van der Waals surface area contributed by atoms with Crippen LogP contribution in [0.3, 0.4) is 0 Å². The third-order valence-corrected chi connectivity index (χ3v) is 5.14. The van der Waals surface area contributed by atoms with Gasteiger partial charge in [-0.25, -0.2) is 9.59 Å². The average Bonchev–Trinajstić information content (AvgIpc) is 2.79. The number of hydrogen-bond donors (Lipinski definition) is 2. The van der Waals surface area contributed by atoms with Crippen molar-refractivity contribution in [1.82, 2.24) is 14.9 Å². The number of carbonyl (C=O) groups is 2. The summed E-state index contributed by atoms with van der Waals surface area (Å²) >= 11 is 2.60. The summed E-state index contributed by atoms with van der Waals surface area (Å²) in [4.78, 5) is 43.1. The second kappa shape index (κ2) is 6.10. The molecule has 0 aromatic carbocycles. The van der Waals surface area contributed by atoms with E-state index in [-0.39, 0.29) is 10.9 Å². The number of aromatic amines is 1. The second-order valence-electron chi connectivity index (χ2n) is 4.55. The van der Waals surface area contributed by atoms with Gasteiger partial charge in [-0.15, -0.1) is 23.5 Å². The number of carboxylic acid groups (broad SMARTS) is 1. The van der Waals surface area contributed by atoms with E-state index in [0.29, 0.717) is 16.5 Å². The fourth-order valence-corrected chi connectivity index (χ4v) is 4.02. The highest BCUT2D eigenvalue weighted by Gasteiger charge is 2.41. The van der Waals surface area contributed by atoms with Gasteiger partial charge in [0.25, 0.3) is 5.91 Å². The molecular weight excluding hydrogens is 314 g/mol. The number of nitrogens with one attached hydrogen (secondary N) is 1. The molecule has 1 aliphatic heterocycles. The van der Waals surface area contributed by atoms with Crippen molar-refractivity contribution in [1.29, 1.82) is 0 Å². The van der Waals surface area contributed by atoms with E-state index in [4.69, 9.17) is 0 Å². The van der Waals surface area contributed by atoms with Gasteiger partial charge in [-0.1, -0.05) is 0 Å². The number of hydrogen-bond acceptors (Lipinski definition) is 6. The van der Waals surface area contributed by atoms with Crippen LogP contribution in [0.2, 0.25) is 0 Å². The molecule has 0 aliphatic carbocycles. The van der Waals surface area contributed by atoms with E-state index in [2.05, 4.69) is 9.97 Å². The van der Waals surface area contributed by atoms with Gasteiger partial charge in [-0.3, -0.25) is 4.79 Å².